The average molecular weight is 317 g/mol. The Bertz CT molecular complexity index is 459. The number of aromatic nitrogens is 1. The van der Waals surface area contributed by atoms with Gasteiger partial charge in [0.05, 0.1) is 19.3 Å². The number of rotatable bonds is 5. The number of hydrogen-bond acceptors (Lipinski definition) is 5. The normalized spacial score (nSPS) is 12.9. The Morgan fingerprint density at radius 3 is 2.62 bits per heavy atom. The maximum absolute atomic E-state index is 12.0. The molecule has 6 nitrogen and oxygen atoms in total. The minimum atomic E-state index is -0.936. The minimum absolute atomic E-state index is 0.00120. The Morgan fingerprint density at radius 1 is 1.48 bits per heavy atom. The van der Waals surface area contributed by atoms with Gasteiger partial charge in [0.1, 0.15) is 10.8 Å². The van der Waals surface area contributed by atoms with Crippen LogP contribution in [0.1, 0.15) is 32.4 Å². The molecule has 1 aromatic heterocycles. The molecule has 0 saturated carbocycles. The lowest BCUT2D eigenvalue weighted by molar-refractivity contribution is 0.0109. The maximum Gasteiger partial charge on any atom is 0.410 e. The van der Waals surface area contributed by atoms with E-state index in [1.807, 2.05) is 0 Å². The summed E-state index contributed by atoms with van der Waals surface area (Å²) in [7, 11) is 0. The van der Waals surface area contributed by atoms with E-state index in [9.17, 15) is 9.90 Å². The van der Waals surface area contributed by atoms with E-state index in [0.29, 0.717) is 10.7 Å². The predicted octanol–water partition coefficient (Wildman–Crippen LogP) is 2.00. The number of pyridine rings is 1. The van der Waals surface area contributed by atoms with Gasteiger partial charge in [0, 0.05) is 18.3 Å². The van der Waals surface area contributed by atoms with Crippen LogP contribution in [-0.4, -0.2) is 51.5 Å². The second-order valence-electron chi connectivity index (χ2n) is 5.58. The number of carbonyl (C=O) groups is 1. The smallest absolute Gasteiger partial charge is 0.410 e. The second-order valence-corrected chi connectivity index (χ2v) is 5.97. The number of aliphatic hydroxyl groups is 2. The third-order valence-electron chi connectivity index (χ3n) is 2.55. The number of halogens is 1. The van der Waals surface area contributed by atoms with Gasteiger partial charge < -0.3 is 19.8 Å². The number of aliphatic hydroxyl groups excluding tert-OH is 2. The lowest BCUT2D eigenvalue weighted by Gasteiger charge is -2.28. The first-order chi connectivity index (χ1) is 9.73. The highest BCUT2D eigenvalue weighted by Crippen LogP contribution is 2.17. The summed E-state index contributed by atoms with van der Waals surface area (Å²) in [6.45, 7) is 5.11. The van der Waals surface area contributed by atoms with Crippen LogP contribution in [0.15, 0.2) is 18.3 Å². The van der Waals surface area contributed by atoms with Crippen LogP contribution in [0.4, 0.5) is 4.79 Å². The van der Waals surface area contributed by atoms with Gasteiger partial charge in [-0.15, -0.1) is 0 Å². The zero-order chi connectivity index (χ0) is 16.0. The van der Waals surface area contributed by atoms with E-state index in [1.165, 1.54) is 11.1 Å². The van der Waals surface area contributed by atoms with Crippen LogP contribution in [0.2, 0.25) is 5.15 Å². The van der Waals surface area contributed by atoms with E-state index in [2.05, 4.69) is 4.98 Å². The molecule has 0 aliphatic heterocycles. The van der Waals surface area contributed by atoms with Crippen LogP contribution >= 0.6 is 11.6 Å². The molecule has 1 amide bonds. The fourth-order valence-electron chi connectivity index (χ4n) is 1.60. The molecule has 21 heavy (non-hydrogen) atoms. The molecule has 0 aromatic carbocycles. The molecular formula is C14H21ClN2O4. The molecule has 0 aliphatic rings. The summed E-state index contributed by atoms with van der Waals surface area (Å²) in [6.07, 6.45) is -0.0782. The van der Waals surface area contributed by atoms with E-state index >= 15 is 0 Å². The molecule has 1 rings (SSSR count). The molecule has 0 fully saturated rings. The minimum Gasteiger partial charge on any atom is -0.444 e. The molecule has 118 valence electrons. The molecule has 0 aliphatic carbocycles. The van der Waals surface area contributed by atoms with Gasteiger partial charge in [0.25, 0.3) is 0 Å². The van der Waals surface area contributed by atoms with Crippen molar-refractivity contribution in [2.24, 2.45) is 0 Å². The lowest BCUT2D eigenvalue weighted by Crippen LogP contribution is -2.40. The molecule has 7 heteroatoms. The summed E-state index contributed by atoms with van der Waals surface area (Å²) < 4.78 is 5.24. The quantitative estimate of drug-likeness (QED) is 0.812. The van der Waals surface area contributed by atoms with Gasteiger partial charge in [0.2, 0.25) is 0 Å². The maximum atomic E-state index is 12.0. The summed E-state index contributed by atoms with van der Waals surface area (Å²) in [5.41, 5.74) is -0.108. The molecular weight excluding hydrogens is 296 g/mol. The molecule has 0 radical (unpaired) electrons. The summed E-state index contributed by atoms with van der Waals surface area (Å²) in [5, 5.41) is 19.5. The Labute approximate surface area is 129 Å². The number of amides is 1. The fourth-order valence-corrected chi connectivity index (χ4v) is 1.71. The predicted molar refractivity (Wildman–Crippen MR) is 79.1 cm³/mol. The van der Waals surface area contributed by atoms with Crippen LogP contribution in [0.5, 0.6) is 0 Å². The zero-order valence-electron chi connectivity index (χ0n) is 12.4. The highest BCUT2D eigenvalue weighted by atomic mass is 35.5. The Morgan fingerprint density at radius 2 is 2.14 bits per heavy atom. The number of nitrogens with zero attached hydrogens (tertiary/aromatic N) is 2. The number of hydrogen-bond donors (Lipinski definition) is 2. The van der Waals surface area contributed by atoms with Crippen LogP contribution < -0.4 is 0 Å². The lowest BCUT2D eigenvalue weighted by atomic mass is 10.1. The fraction of sp³-hybridized carbons (Fsp3) is 0.571. The van der Waals surface area contributed by atoms with Crippen molar-refractivity contribution in [1.82, 2.24) is 9.88 Å². The molecule has 1 atom stereocenters. The second kappa shape index (κ2) is 7.59. The van der Waals surface area contributed by atoms with Crippen molar-refractivity contribution in [2.75, 3.05) is 19.7 Å². The molecule has 2 N–H and O–H groups in total. The van der Waals surface area contributed by atoms with Gasteiger partial charge in [-0.1, -0.05) is 17.7 Å². The van der Waals surface area contributed by atoms with Crippen molar-refractivity contribution in [1.29, 1.82) is 0 Å². The van der Waals surface area contributed by atoms with Crippen molar-refractivity contribution in [2.45, 2.75) is 32.5 Å². The Hall–Kier alpha value is -1.37. The van der Waals surface area contributed by atoms with Gasteiger partial charge >= 0.3 is 6.09 Å². The Balaban J connectivity index is 2.73. The molecule has 1 heterocycles. The summed E-state index contributed by atoms with van der Waals surface area (Å²) in [5.74, 6) is 0. The topological polar surface area (TPSA) is 82.9 Å². The van der Waals surface area contributed by atoms with Crippen molar-refractivity contribution in [3.63, 3.8) is 0 Å². The monoisotopic (exact) mass is 316 g/mol. The zero-order valence-corrected chi connectivity index (χ0v) is 13.2. The first-order valence-corrected chi connectivity index (χ1v) is 6.99. The van der Waals surface area contributed by atoms with Crippen LogP contribution in [0.3, 0.4) is 0 Å². The van der Waals surface area contributed by atoms with E-state index < -0.39 is 17.8 Å². The molecule has 1 aromatic rings. The van der Waals surface area contributed by atoms with E-state index in [4.69, 9.17) is 21.4 Å². The van der Waals surface area contributed by atoms with Gasteiger partial charge in [0.15, 0.2) is 0 Å². The standard InChI is InChI=1S/C14H21ClN2O4/c1-14(2,3)21-13(20)17(6-7-18)9-11(19)10-4-5-12(15)16-8-10/h4-5,8,11,18-19H,6-7,9H2,1-3H3. The number of carbonyl (C=O) groups excluding carboxylic acids is 1. The van der Waals surface area contributed by atoms with Crippen LogP contribution in [-0.2, 0) is 4.74 Å². The first kappa shape index (κ1) is 17.7. The highest BCUT2D eigenvalue weighted by molar-refractivity contribution is 6.29. The van der Waals surface area contributed by atoms with Crippen molar-refractivity contribution >= 4 is 17.7 Å². The van der Waals surface area contributed by atoms with Crippen LogP contribution in [0, 0.1) is 0 Å². The van der Waals surface area contributed by atoms with Crippen molar-refractivity contribution in [3.8, 4) is 0 Å². The molecule has 0 bridgehead atoms. The third kappa shape index (κ3) is 6.29. The van der Waals surface area contributed by atoms with Crippen molar-refractivity contribution < 1.29 is 19.7 Å². The summed E-state index contributed by atoms with van der Waals surface area (Å²) in [6, 6.07) is 3.19. The van der Waals surface area contributed by atoms with Gasteiger partial charge in [-0.25, -0.2) is 9.78 Å². The summed E-state index contributed by atoms with van der Waals surface area (Å²) in [4.78, 5) is 17.1. The summed E-state index contributed by atoms with van der Waals surface area (Å²) >= 11 is 5.68. The van der Waals surface area contributed by atoms with Gasteiger partial charge in [-0.3, -0.25) is 0 Å². The van der Waals surface area contributed by atoms with E-state index in [1.54, 1.807) is 32.9 Å². The third-order valence-corrected chi connectivity index (χ3v) is 2.77. The van der Waals surface area contributed by atoms with Crippen LogP contribution in [0.25, 0.3) is 0 Å². The van der Waals surface area contributed by atoms with Gasteiger partial charge in [-0.2, -0.15) is 0 Å². The molecule has 0 saturated heterocycles. The van der Waals surface area contributed by atoms with Gasteiger partial charge in [-0.05, 0) is 26.8 Å². The number of ether oxygens (including phenoxy) is 1. The van der Waals surface area contributed by atoms with E-state index in [0.717, 1.165) is 0 Å². The molecule has 0 spiro atoms. The van der Waals surface area contributed by atoms with E-state index in [-0.39, 0.29) is 19.7 Å². The largest absolute Gasteiger partial charge is 0.444 e. The average Bonchev–Trinajstić information content (AvgIpc) is 2.36. The molecule has 1 unspecified atom stereocenters. The highest BCUT2D eigenvalue weighted by Gasteiger charge is 2.24. The Kier molecular flexibility index (Phi) is 6.39. The van der Waals surface area contributed by atoms with Crippen molar-refractivity contribution in [3.05, 3.63) is 29.0 Å². The SMILES string of the molecule is CC(C)(C)OC(=O)N(CCO)CC(O)c1ccc(Cl)nc1. The first-order valence-electron chi connectivity index (χ1n) is 6.61.